The molecule has 1 aromatic rings. The summed E-state index contributed by atoms with van der Waals surface area (Å²) in [5.74, 6) is 0.882. The summed E-state index contributed by atoms with van der Waals surface area (Å²) in [4.78, 5) is 4.99. The third kappa shape index (κ3) is 3.85. The zero-order chi connectivity index (χ0) is 14.7. The van der Waals surface area contributed by atoms with E-state index in [1.54, 1.807) is 11.1 Å². The van der Waals surface area contributed by atoms with Gasteiger partial charge in [-0.15, -0.1) is 0 Å². The second-order valence-electron chi connectivity index (χ2n) is 6.92. The molecule has 1 aromatic carbocycles. The molecule has 0 bridgehead atoms. The number of hydrogen-bond donors (Lipinski definition) is 1. The molecule has 2 aliphatic rings. The number of hydrogen-bond acceptors (Lipinski definition) is 3. The van der Waals surface area contributed by atoms with Gasteiger partial charge in [-0.05, 0) is 75.6 Å². The van der Waals surface area contributed by atoms with Gasteiger partial charge in [-0.2, -0.15) is 0 Å². The van der Waals surface area contributed by atoms with E-state index in [4.69, 9.17) is 0 Å². The second kappa shape index (κ2) is 6.91. The lowest BCUT2D eigenvalue weighted by Gasteiger charge is -2.32. The highest BCUT2D eigenvalue weighted by Crippen LogP contribution is 2.22. The molecule has 0 spiro atoms. The third-order valence-electron chi connectivity index (χ3n) is 5.09. The van der Waals surface area contributed by atoms with Crippen LogP contribution in [0.15, 0.2) is 18.2 Å². The fourth-order valence-electron chi connectivity index (χ4n) is 3.80. The maximum atomic E-state index is 3.47. The van der Waals surface area contributed by atoms with Gasteiger partial charge in [0.15, 0.2) is 0 Å². The van der Waals surface area contributed by atoms with E-state index in [1.807, 2.05) is 0 Å². The molecule has 1 N–H and O–H groups in total. The molecule has 116 valence electrons. The molecule has 3 rings (SSSR count). The Bertz CT molecular complexity index is 464. The second-order valence-corrected chi connectivity index (χ2v) is 6.92. The molecule has 1 saturated heterocycles. The Kier molecular flexibility index (Phi) is 4.94. The zero-order valence-corrected chi connectivity index (χ0v) is 13.6. The maximum absolute atomic E-state index is 3.47. The lowest BCUT2D eigenvalue weighted by molar-refractivity contribution is 0.173. The number of benzene rings is 1. The van der Waals surface area contributed by atoms with E-state index in [1.165, 1.54) is 44.5 Å². The van der Waals surface area contributed by atoms with Crippen molar-refractivity contribution in [1.29, 1.82) is 0 Å². The zero-order valence-electron chi connectivity index (χ0n) is 13.6. The van der Waals surface area contributed by atoms with Crippen molar-refractivity contribution in [2.24, 2.45) is 5.92 Å². The molecule has 0 unspecified atom stereocenters. The summed E-state index contributed by atoms with van der Waals surface area (Å²) in [5, 5.41) is 3.47. The van der Waals surface area contributed by atoms with Gasteiger partial charge < -0.3 is 15.1 Å². The largest absolute Gasteiger partial charge is 0.312 e. The van der Waals surface area contributed by atoms with Gasteiger partial charge in [-0.1, -0.05) is 18.2 Å². The van der Waals surface area contributed by atoms with Gasteiger partial charge in [-0.3, -0.25) is 0 Å². The third-order valence-corrected chi connectivity index (χ3v) is 5.09. The van der Waals surface area contributed by atoms with E-state index in [2.05, 4.69) is 47.4 Å². The maximum Gasteiger partial charge on any atom is 0.0233 e. The number of nitrogens with zero attached hydrogens (tertiary/aromatic N) is 2. The molecule has 3 nitrogen and oxygen atoms in total. The summed E-state index contributed by atoms with van der Waals surface area (Å²) >= 11 is 0. The molecule has 0 radical (unpaired) electrons. The van der Waals surface area contributed by atoms with Gasteiger partial charge in [0.1, 0.15) is 0 Å². The summed E-state index contributed by atoms with van der Waals surface area (Å²) in [7, 11) is 4.53. The van der Waals surface area contributed by atoms with Crippen LogP contribution in [0, 0.1) is 5.92 Å². The minimum absolute atomic E-state index is 0.882. The fraction of sp³-hybridized carbons (Fsp3) is 0.667. The van der Waals surface area contributed by atoms with Crippen LogP contribution in [0.5, 0.6) is 0 Å². The first kappa shape index (κ1) is 15.0. The highest BCUT2D eigenvalue weighted by molar-refractivity contribution is 5.36. The first-order valence-electron chi connectivity index (χ1n) is 8.40. The Morgan fingerprint density at radius 1 is 1.29 bits per heavy atom. The van der Waals surface area contributed by atoms with Gasteiger partial charge in [0, 0.05) is 19.6 Å². The summed E-state index contributed by atoms with van der Waals surface area (Å²) in [6.07, 6.45) is 3.91. The number of piperidine rings is 1. The number of fused-ring (bicyclic) bond motifs is 1. The van der Waals surface area contributed by atoms with Crippen molar-refractivity contribution in [2.75, 3.05) is 40.3 Å². The highest BCUT2D eigenvalue weighted by Gasteiger charge is 2.19. The van der Waals surface area contributed by atoms with E-state index in [0.717, 1.165) is 25.6 Å². The highest BCUT2D eigenvalue weighted by atomic mass is 15.1. The number of likely N-dealkylation sites (tertiary alicyclic amines) is 1. The van der Waals surface area contributed by atoms with Crippen LogP contribution in [-0.2, 0) is 19.5 Å². The molecule has 0 amide bonds. The van der Waals surface area contributed by atoms with Gasteiger partial charge in [0.05, 0.1) is 0 Å². The van der Waals surface area contributed by atoms with Crippen LogP contribution < -0.4 is 5.32 Å². The van der Waals surface area contributed by atoms with Crippen molar-refractivity contribution >= 4 is 0 Å². The minimum Gasteiger partial charge on any atom is -0.312 e. The van der Waals surface area contributed by atoms with Crippen molar-refractivity contribution in [3.8, 4) is 0 Å². The summed E-state index contributed by atoms with van der Waals surface area (Å²) in [6.45, 7) is 7.06. The van der Waals surface area contributed by atoms with E-state index in [-0.39, 0.29) is 0 Å². The van der Waals surface area contributed by atoms with Gasteiger partial charge in [0.25, 0.3) is 0 Å². The van der Waals surface area contributed by atoms with Crippen molar-refractivity contribution in [2.45, 2.75) is 32.4 Å². The summed E-state index contributed by atoms with van der Waals surface area (Å²) in [6, 6.07) is 6.84. The summed E-state index contributed by atoms with van der Waals surface area (Å²) in [5.41, 5.74) is 4.65. The van der Waals surface area contributed by atoms with Crippen molar-refractivity contribution < 1.29 is 0 Å². The molecule has 1 fully saturated rings. The standard InChI is InChI=1S/C18H29N3/c1-20-10-7-15(8-11-20)13-21(2)14-17-5-3-4-16-12-19-9-6-18(16)17/h3-5,15,19H,6-14H2,1-2H3. The molecular formula is C18H29N3. The minimum atomic E-state index is 0.882. The molecule has 21 heavy (non-hydrogen) atoms. The Labute approximate surface area is 129 Å². The Morgan fingerprint density at radius 2 is 2.10 bits per heavy atom. The molecule has 2 aliphatic heterocycles. The van der Waals surface area contributed by atoms with Crippen molar-refractivity contribution in [3.63, 3.8) is 0 Å². The lowest BCUT2D eigenvalue weighted by Crippen LogP contribution is -2.35. The van der Waals surface area contributed by atoms with Gasteiger partial charge in [0.2, 0.25) is 0 Å². The van der Waals surface area contributed by atoms with Crippen LogP contribution in [0.4, 0.5) is 0 Å². The quantitative estimate of drug-likeness (QED) is 0.915. The number of nitrogens with one attached hydrogen (secondary N) is 1. The average Bonchev–Trinajstić information content (AvgIpc) is 2.50. The van der Waals surface area contributed by atoms with Crippen LogP contribution in [0.3, 0.4) is 0 Å². The molecule has 0 aliphatic carbocycles. The van der Waals surface area contributed by atoms with Crippen molar-refractivity contribution in [3.05, 3.63) is 34.9 Å². The SMILES string of the molecule is CN1CCC(CN(C)Cc2cccc3c2CCNC3)CC1. The van der Waals surface area contributed by atoms with E-state index in [9.17, 15) is 0 Å². The van der Waals surface area contributed by atoms with E-state index < -0.39 is 0 Å². The van der Waals surface area contributed by atoms with Crippen LogP contribution in [0.1, 0.15) is 29.5 Å². The number of rotatable bonds is 4. The normalized spacial score (nSPS) is 20.7. The molecule has 0 aromatic heterocycles. The topological polar surface area (TPSA) is 18.5 Å². The monoisotopic (exact) mass is 287 g/mol. The molecule has 3 heteroatoms. The van der Waals surface area contributed by atoms with Gasteiger partial charge >= 0.3 is 0 Å². The van der Waals surface area contributed by atoms with E-state index in [0.29, 0.717) is 0 Å². The summed E-state index contributed by atoms with van der Waals surface area (Å²) < 4.78 is 0. The van der Waals surface area contributed by atoms with E-state index >= 15 is 0 Å². The van der Waals surface area contributed by atoms with Crippen LogP contribution in [0.2, 0.25) is 0 Å². The molecular weight excluding hydrogens is 258 g/mol. The van der Waals surface area contributed by atoms with Gasteiger partial charge in [-0.25, -0.2) is 0 Å². The van der Waals surface area contributed by atoms with Crippen LogP contribution in [0.25, 0.3) is 0 Å². The van der Waals surface area contributed by atoms with Crippen molar-refractivity contribution in [1.82, 2.24) is 15.1 Å². The Morgan fingerprint density at radius 3 is 2.90 bits per heavy atom. The Balaban J connectivity index is 1.58. The molecule has 0 atom stereocenters. The smallest absolute Gasteiger partial charge is 0.0233 e. The first-order valence-corrected chi connectivity index (χ1v) is 8.40. The predicted octanol–water partition coefficient (Wildman–Crippen LogP) is 2.11. The Hall–Kier alpha value is -0.900. The lowest BCUT2D eigenvalue weighted by atomic mass is 9.94. The van der Waals surface area contributed by atoms with Crippen LogP contribution in [-0.4, -0.2) is 50.1 Å². The predicted molar refractivity (Wildman–Crippen MR) is 88.4 cm³/mol. The molecule has 2 heterocycles. The van der Waals surface area contributed by atoms with Crippen LogP contribution >= 0.6 is 0 Å². The average molecular weight is 287 g/mol. The first-order chi connectivity index (χ1) is 10.2. The fourth-order valence-corrected chi connectivity index (χ4v) is 3.80. The molecule has 0 saturated carbocycles.